The molecular weight excluding hydrogens is 211 g/mol. The minimum atomic E-state index is -1.39. The number of phenolic OH excluding ortho intramolecular Hbond substituents is 1. The average Bonchev–Trinajstić information content (AvgIpc) is 2.19. The fourth-order valence-corrected chi connectivity index (χ4v) is 1.30. The summed E-state index contributed by atoms with van der Waals surface area (Å²) in [6, 6.07) is 2.68. The van der Waals surface area contributed by atoms with Gasteiger partial charge in [-0.1, -0.05) is 11.6 Å². The number of hydrogen-bond donors (Lipinski definition) is 2. The number of benzene rings is 1. The van der Waals surface area contributed by atoms with Crippen LogP contribution in [0.4, 0.5) is 4.39 Å². The Morgan fingerprint density at radius 3 is 2.71 bits per heavy atom. The third-order valence-corrected chi connectivity index (χ3v) is 2.01. The molecule has 0 amide bonds. The molecule has 0 aliphatic rings. The molecule has 1 atom stereocenters. The molecule has 0 spiro atoms. The summed E-state index contributed by atoms with van der Waals surface area (Å²) in [5.41, 5.74) is 0.0249. The van der Waals surface area contributed by atoms with Gasteiger partial charge in [0.25, 0.3) is 0 Å². The van der Waals surface area contributed by atoms with Crippen LogP contribution in [0.3, 0.4) is 0 Å². The minimum Gasteiger partial charge on any atom is -0.504 e. The van der Waals surface area contributed by atoms with Crippen LogP contribution in [0.25, 0.3) is 0 Å². The van der Waals surface area contributed by atoms with Gasteiger partial charge in [-0.25, -0.2) is 4.39 Å². The zero-order valence-electron chi connectivity index (χ0n) is 7.50. The number of aliphatic hydroxyl groups excluding tert-OH is 1. The number of aliphatic hydroxyl groups is 1. The fourth-order valence-electron chi connectivity index (χ4n) is 1.09. The van der Waals surface area contributed by atoms with Gasteiger partial charge in [-0.3, -0.25) is 0 Å². The number of halogens is 2. The van der Waals surface area contributed by atoms with E-state index in [1.807, 2.05) is 0 Å². The smallest absolute Gasteiger partial charge is 0.163 e. The van der Waals surface area contributed by atoms with E-state index in [2.05, 4.69) is 0 Å². The van der Waals surface area contributed by atoms with E-state index in [1.165, 1.54) is 19.2 Å². The van der Waals surface area contributed by atoms with Crippen molar-refractivity contribution in [2.45, 2.75) is 6.10 Å². The molecule has 0 aromatic heterocycles. The molecule has 1 aromatic rings. The normalized spacial score (nSPS) is 12.6. The molecule has 0 aliphatic heterocycles. The lowest BCUT2D eigenvalue weighted by Gasteiger charge is -2.12. The predicted octanol–water partition coefficient (Wildman–Crippen LogP) is 2.06. The van der Waals surface area contributed by atoms with Crippen molar-refractivity contribution in [3.05, 3.63) is 22.7 Å². The molecule has 0 fully saturated rings. The van der Waals surface area contributed by atoms with Crippen molar-refractivity contribution >= 4 is 11.6 Å². The van der Waals surface area contributed by atoms with Gasteiger partial charge < -0.3 is 14.9 Å². The molecule has 14 heavy (non-hydrogen) atoms. The first kappa shape index (κ1) is 11.1. The Bertz CT molecular complexity index is 330. The van der Waals surface area contributed by atoms with Gasteiger partial charge in [-0.05, 0) is 6.07 Å². The standard InChI is InChI=1S/C9H10ClFO3/c1-14-8-3-5(10)2-6(9(8)13)7(12)4-11/h2-3,7,12-13H,4H2,1H3. The monoisotopic (exact) mass is 220 g/mol. The molecule has 3 nitrogen and oxygen atoms in total. The number of hydrogen-bond acceptors (Lipinski definition) is 3. The number of methoxy groups -OCH3 is 1. The maximum absolute atomic E-state index is 12.2. The zero-order chi connectivity index (χ0) is 10.7. The van der Waals surface area contributed by atoms with E-state index >= 15 is 0 Å². The molecule has 1 unspecified atom stereocenters. The van der Waals surface area contributed by atoms with Crippen molar-refractivity contribution in [1.82, 2.24) is 0 Å². The van der Waals surface area contributed by atoms with Gasteiger partial charge in [0.1, 0.15) is 12.8 Å². The van der Waals surface area contributed by atoms with E-state index in [0.29, 0.717) is 0 Å². The third-order valence-electron chi connectivity index (χ3n) is 1.79. The quantitative estimate of drug-likeness (QED) is 0.820. The molecule has 5 heteroatoms. The van der Waals surface area contributed by atoms with Gasteiger partial charge in [0, 0.05) is 16.7 Å². The van der Waals surface area contributed by atoms with E-state index in [-0.39, 0.29) is 22.1 Å². The van der Waals surface area contributed by atoms with Crippen LogP contribution in [0.1, 0.15) is 11.7 Å². The van der Waals surface area contributed by atoms with Crippen LogP contribution in [0, 0.1) is 0 Å². The molecule has 78 valence electrons. The first-order valence-electron chi connectivity index (χ1n) is 3.90. The second-order valence-electron chi connectivity index (χ2n) is 2.72. The summed E-state index contributed by atoms with van der Waals surface area (Å²) < 4.78 is 17.0. The Morgan fingerprint density at radius 1 is 1.57 bits per heavy atom. The summed E-state index contributed by atoms with van der Waals surface area (Å²) in [4.78, 5) is 0. The molecule has 2 N–H and O–H groups in total. The van der Waals surface area contributed by atoms with Crippen LogP contribution in [0.5, 0.6) is 11.5 Å². The van der Waals surface area contributed by atoms with Crippen molar-refractivity contribution in [2.75, 3.05) is 13.8 Å². The van der Waals surface area contributed by atoms with Crippen molar-refractivity contribution in [3.8, 4) is 11.5 Å². The summed E-state index contributed by atoms with van der Waals surface area (Å²) in [6.07, 6.45) is -1.39. The van der Waals surface area contributed by atoms with Crippen molar-refractivity contribution < 1.29 is 19.3 Å². The largest absolute Gasteiger partial charge is 0.504 e. The zero-order valence-corrected chi connectivity index (χ0v) is 8.25. The summed E-state index contributed by atoms with van der Waals surface area (Å²) in [6.45, 7) is -0.989. The van der Waals surface area contributed by atoms with Gasteiger partial charge in [0.05, 0.1) is 7.11 Å². The lowest BCUT2D eigenvalue weighted by Crippen LogP contribution is -2.00. The van der Waals surface area contributed by atoms with Crippen molar-refractivity contribution in [2.24, 2.45) is 0 Å². The summed E-state index contributed by atoms with van der Waals surface area (Å²) >= 11 is 5.68. The van der Waals surface area contributed by atoms with Gasteiger partial charge in [-0.2, -0.15) is 0 Å². The Kier molecular flexibility index (Phi) is 3.55. The van der Waals surface area contributed by atoms with Crippen LogP contribution in [0.15, 0.2) is 12.1 Å². The van der Waals surface area contributed by atoms with Gasteiger partial charge >= 0.3 is 0 Å². The average molecular weight is 221 g/mol. The van der Waals surface area contributed by atoms with E-state index < -0.39 is 12.8 Å². The number of aromatic hydroxyl groups is 1. The van der Waals surface area contributed by atoms with Crippen LogP contribution in [-0.2, 0) is 0 Å². The highest BCUT2D eigenvalue weighted by atomic mass is 35.5. The molecule has 0 saturated heterocycles. The van der Waals surface area contributed by atoms with Gasteiger partial charge in [0.15, 0.2) is 11.5 Å². The first-order chi connectivity index (χ1) is 6.60. The molecule has 0 saturated carbocycles. The van der Waals surface area contributed by atoms with E-state index in [4.69, 9.17) is 16.3 Å². The van der Waals surface area contributed by atoms with Crippen LogP contribution < -0.4 is 4.74 Å². The molecular formula is C9H10ClFO3. The third kappa shape index (κ3) is 2.08. The highest BCUT2D eigenvalue weighted by molar-refractivity contribution is 6.30. The maximum Gasteiger partial charge on any atom is 0.163 e. The van der Waals surface area contributed by atoms with E-state index in [0.717, 1.165) is 0 Å². The number of rotatable bonds is 3. The predicted molar refractivity (Wildman–Crippen MR) is 50.6 cm³/mol. The Hall–Kier alpha value is -1.00. The first-order valence-corrected chi connectivity index (χ1v) is 4.28. The Labute approximate surface area is 85.7 Å². The van der Waals surface area contributed by atoms with Crippen LogP contribution in [0.2, 0.25) is 5.02 Å². The molecule has 1 rings (SSSR count). The number of ether oxygens (including phenoxy) is 1. The maximum atomic E-state index is 12.2. The van der Waals surface area contributed by atoms with Gasteiger partial charge in [-0.15, -0.1) is 0 Å². The summed E-state index contributed by atoms with van der Waals surface area (Å²) in [5, 5.41) is 19.0. The van der Waals surface area contributed by atoms with Crippen molar-refractivity contribution in [3.63, 3.8) is 0 Å². The fraction of sp³-hybridized carbons (Fsp3) is 0.333. The molecule has 0 radical (unpaired) electrons. The highest BCUT2D eigenvalue weighted by Gasteiger charge is 2.16. The minimum absolute atomic E-state index is 0.0249. The summed E-state index contributed by atoms with van der Waals surface area (Å²) in [7, 11) is 1.34. The Balaban J connectivity index is 3.21. The molecule has 0 aliphatic carbocycles. The van der Waals surface area contributed by atoms with Crippen LogP contribution in [-0.4, -0.2) is 24.0 Å². The second-order valence-corrected chi connectivity index (χ2v) is 3.15. The number of alkyl halides is 1. The molecule has 1 aromatic carbocycles. The number of phenols is 1. The molecule has 0 heterocycles. The van der Waals surface area contributed by atoms with E-state index in [1.54, 1.807) is 0 Å². The Morgan fingerprint density at radius 2 is 2.21 bits per heavy atom. The molecule has 0 bridgehead atoms. The SMILES string of the molecule is COc1cc(Cl)cc(C(O)CF)c1O. The summed E-state index contributed by atoms with van der Waals surface area (Å²) in [5.74, 6) is -0.179. The lowest BCUT2D eigenvalue weighted by molar-refractivity contribution is 0.138. The van der Waals surface area contributed by atoms with Gasteiger partial charge in [0.2, 0.25) is 0 Å². The lowest BCUT2D eigenvalue weighted by atomic mass is 10.1. The van der Waals surface area contributed by atoms with Crippen LogP contribution >= 0.6 is 11.6 Å². The van der Waals surface area contributed by atoms with E-state index in [9.17, 15) is 14.6 Å². The second kappa shape index (κ2) is 4.48. The highest BCUT2D eigenvalue weighted by Crippen LogP contribution is 2.36. The van der Waals surface area contributed by atoms with Crippen molar-refractivity contribution in [1.29, 1.82) is 0 Å². The topological polar surface area (TPSA) is 49.7 Å².